The molecule has 0 atom stereocenters. The van der Waals surface area contributed by atoms with Gasteiger partial charge in [-0.15, -0.1) is 11.3 Å². The van der Waals surface area contributed by atoms with Crippen molar-refractivity contribution in [2.75, 3.05) is 19.6 Å². The summed E-state index contributed by atoms with van der Waals surface area (Å²) in [5.41, 5.74) is 3.68. The molecule has 31 heavy (non-hydrogen) atoms. The molecule has 0 saturated carbocycles. The second kappa shape index (κ2) is 9.12. The molecule has 0 aliphatic heterocycles. The molecule has 2 aromatic carbocycles. The summed E-state index contributed by atoms with van der Waals surface area (Å²) in [6.07, 6.45) is 0. The summed E-state index contributed by atoms with van der Waals surface area (Å²) < 4.78 is 15.2. The predicted molar refractivity (Wildman–Crippen MR) is 127 cm³/mol. The average Bonchev–Trinajstić information content (AvgIpc) is 3.21. The molecule has 2 heterocycles. The molecule has 0 saturated heterocycles. The van der Waals surface area contributed by atoms with Crippen LogP contribution in [-0.2, 0) is 6.54 Å². The Kier molecular flexibility index (Phi) is 6.30. The van der Waals surface area contributed by atoms with Gasteiger partial charge in [0.2, 0.25) is 0 Å². The first-order valence-corrected chi connectivity index (χ1v) is 11.5. The van der Waals surface area contributed by atoms with Gasteiger partial charge in [-0.2, -0.15) is 0 Å². The molecular formula is C25H26FN3OS. The van der Waals surface area contributed by atoms with Gasteiger partial charge in [-0.25, -0.2) is 9.37 Å². The van der Waals surface area contributed by atoms with E-state index in [9.17, 15) is 9.18 Å². The van der Waals surface area contributed by atoms with E-state index in [4.69, 9.17) is 4.98 Å². The van der Waals surface area contributed by atoms with Crippen LogP contribution in [-0.4, -0.2) is 34.1 Å². The lowest BCUT2D eigenvalue weighted by molar-refractivity contribution is 0.289. The van der Waals surface area contributed by atoms with Gasteiger partial charge < -0.3 is 4.90 Å². The van der Waals surface area contributed by atoms with Crippen LogP contribution >= 0.6 is 11.3 Å². The van der Waals surface area contributed by atoms with Gasteiger partial charge in [0.15, 0.2) is 0 Å². The first kappa shape index (κ1) is 21.4. The Bertz CT molecular complexity index is 1240. The fourth-order valence-electron chi connectivity index (χ4n) is 3.78. The van der Waals surface area contributed by atoms with Crippen molar-refractivity contribution in [1.29, 1.82) is 0 Å². The third-order valence-electron chi connectivity index (χ3n) is 5.69. The van der Waals surface area contributed by atoms with E-state index in [0.29, 0.717) is 22.6 Å². The van der Waals surface area contributed by atoms with Crippen LogP contribution in [0.15, 0.2) is 58.7 Å². The zero-order chi connectivity index (χ0) is 22.0. The van der Waals surface area contributed by atoms with Crippen LogP contribution in [0.4, 0.5) is 4.39 Å². The van der Waals surface area contributed by atoms with Crippen LogP contribution in [0.25, 0.3) is 32.7 Å². The highest BCUT2D eigenvalue weighted by Crippen LogP contribution is 2.32. The van der Waals surface area contributed by atoms with E-state index in [1.807, 2.05) is 36.6 Å². The fourth-order valence-corrected chi connectivity index (χ4v) is 4.72. The monoisotopic (exact) mass is 435 g/mol. The third-order valence-corrected chi connectivity index (χ3v) is 6.57. The van der Waals surface area contributed by atoms with Gasteiger partial charge in [-0.1, -0.05) is 55.8 Å². The summed E-state index contributed by atoms with van der Waals surface area (Å²) in [7, 11) is 0. The number of hydrogen-bond acceptors (Lipinski definition) is 4. The van der Waals surface area contributed by atoms with Crippen molar-refractivity contribution in [3.8, 4) is 22.5 Å². The number of benzene rings is 2. The Morgan fingerprint density at radius 1 is 1.00 bits per heavy atom. The number of halogens is 1. The number of hydrogen-bond donors (Lipinski definition) is 0. The lowest BCUT2D eigenvalue weighted by Gasteiger charge is -2.20. The van der Waals surface area contributed by atoms with Crippen LogP contribution in [0.5, 0.6) is 0 Å². The van der Waals surface area contributed by atoms with Gasteiger partial charge in [-0.3, -0.25) is 9.36 Å². The summed E-state index contributed by atoms with van der Waals surface area (Å²) >= 11 is 1.45. The first-order valence-electron chi connectivity index (χ1n) is 10.6. The highest BCUT2D eigenvalue weighted by molar-refractivity contribution is 7.17. The Morgan fingerprint density at radius 2 is 1.65 bits per heavy atom. The number of aryl methyl sites for hydroxylation is 1. The smallest absolute Gasteiger partial charge is 0.263 e. The molecule has 4 aromatic rings. The van der Waals surface area contributed by atoms with Crippen LogP contribution in [0.2, 0.25) is 0 Å². The molecule has 0 aliphatic carbocycles. The summed E-state index contributed by atoms with van der Waals surface area (Å²) in [5.74, 6) is 0.400. The molecule has 0 spiro atoms. The Labute approximate surface area is 185 Å². The van der Waals surface area contributed by atoms with Crippen molar-refractivity contribution < 1.29 is 4.39 Å². The molecule has 0 N–H and O–H groups in total. The molecule has 0 radical (unpaired) electrons. The van der Waals surface area contributed by atoms with Crippen molar-refractivity contribution in [1.82, 2.24) is 14.5 Å². The summed E-state index contributed by atoms with van der Waals surface area (Å²) in [5, 5.41) is 2.55. The SMILES string of the molecule is CCN(CC)CCn1c(-c2ccc(C)cc2)nc2scc(-c3ccc(F)cc3)c2c1=O. The van der Waals surface area contributed by atoms with Crippen molar-refractivity contribution in [3.05, 3.63) is 75.6 Å². The minimum atomic E-state index is -0.292. The number of fused-ring (bicyclic) bond motifs is 1. The van der Waals surface area contributed by atoms with E-state index in [1.54, 1.807) is 16.7 Å². The normalized spacial score (nSPS) is 11.5. The first-order chi connectivity index (χ1) is 15.0. The molecule has 0 bridgehead atoms. The predicted octanol–water partition coefficient (Wildman–Crippen LogP) is 5.58. The molecular weight excluding hydrogens is 409 g/mol. The minimum Gasteiger partial charge on any atom is -0.302 e. The Hall–Kier alpha value is -2.83. The lowest BCUT2D eigenvalue weighted by Crippen LogP contribution is -2.32. The van der Waals surface area contributed by atoms with E-state index in [-0.39, 0.29) is 11.4 Å². The van der Waals surface area contributed by atoms with Gasteiger partial charge in [0.1, 0.15) is 16.5 Å². The number of nitrogens with zero attached hydrogens (tertiary/aromatic N) is 3. The molecule has 0 amide bonds. The number of rotatable bonds is 7. The van der Waals surface area contributed by atoms with E-state index in [2.05, 4.69) is 18.7 Å². The molecule has 0 unspecified atom stereocenters. The van der Waals surface area contributed by atoms with Gasteiger partial charge in [-0.05, 0) is 37.7 Å². The quantitative estimate of drug-likeness (QED) is 0.380. The lowest BCUT2D eigenvalue weighted by atomic mass is 10.1. The third kappa shape index (κ3) is 4.31. The van der Waals surface area contributed by atoms with Crippen LogP contribution in [0.3, 0.4) is 0 Å². The molecule has 160 valence electrons. The van der Waals surface area contributed by atoms with Gasteiger partial charge in [0.05, 0.1) is 5.39 Å². The molecule has 0 fully saturated rings. The molecule has 2 aromatic heterocycles. The van der Waals surface area contributed by atoms with Crippen LogP contribution in [0.1, 0.15) is 19.4 Å². The summed E-state index contributed by atoms with van der Waals surface area (Å²) in [4.78, 5) is 21.7. The van der Waals surface area contributed by atoms with Crippen molar-refractivity contribution >= 4 is 21.6 Å². The van der Waals surface area contributed by atoms with E-state index in [1.165, 1.54) is 23.5 Å². The number of likely N-dealkylation sites (N-methyl/N-ethyl adjacent to an activating group) is 1. The second-order valence-electron chi connectivity index (χ2n) is 7.62. The number of thiophene rings is 1. The highest BCUT2D eigenvalue weighted by Gasteiger charge is 2.18. The second-order valence-corrected chi connectivity index (χ2v) is 8.48. The van der Waals surface area contributed by atoms with Gasteiger partial charge in [0.25, 0.3) is 5.56 Å². The maximum absolute atomic E-state index is 13.7. The Morgan fingerprint density at radius 3 is 2.29 bits per heavy atom. The zero-order valence-corrected chi connectivity index (χ0v) is 18.9. The molecule has 4 nitrogen and oxygen atoms in total. The highest BCUT2D eigenvalue weighted by atomic mass is 32.1. The maximum atomic E-state index is 13.7. The van der Waals surface area contributed by atoms with E-state index < -0.39 is 0 Å². The minimum absolute atomic E-state index is 0.0479. The van der Waals surface area contributed by atoms with Gasteiger partial charge >= 0.3 is 0 Å². The molecule has 6 heteroatoms. The van der Waals surface area contributed by atoms with Crippen LogP contribution < -0.4 is 5.56 Å². The summed E-state index contributed by atoms with van der Waals surface area (Å²) in [6, 6.07) is 14.4. The van der Waals surface area contributed by atoms with Crippen molar-refractivity contribution in [3.63, 3.8) is 0 Å². The number of aromatic nitrogens is 2. The van der Waals surface area contributed by atoms with Crippen LogP contribution in [0, 0.1) is 12.7 Å². The molecule has 4 rings (SSSR count). The Balaban J connectivity index is 1.90. The largest absolute Gasteiger partial charge is 0.302 e. The van der Waals surface area contributed by atoms with Crippen molar-refractivity contribution in [2.24, 2.45) is 0 Å². The molecule has 0 aliphatic rings. The summed E-state index contributed by atoms with van der Waals surface area (Å²) in [6.45, 7) is 9.49. The van der Waals surface area contributed by atoms with Gasteiger partial charge in [0, 0.05) is 29.6 Å². The maximum Gasteiger partial charge on any atom is 0.263 e. The van der Waals surface area contributed by atoms with Crippen molar-refractivity contribution in [2.45, 2.75) is 27.3 Å². The van der Waals surface area contributed by atoms with E-state index in [0.717, 1.165) is 41.9 Å². The zero-order valence-electron chi connectivity index (χ0n) is 18.1. The fraction of sp³-hybridized carbons (Fsp3) is 0.280. The topological polar surface area (TPSA) is 38.1 Å². The standard InChI is InChI=1S/C25H26FN3OS/c1-4-28(5-2)14-15-29-23(19-8-6-17(3)7-9-19)27-24-22(25(29)30)21(16-31-24)18-10-12-20(26)13-11-18/h6-13,16H,4-5,14-15H2,1-3H3. The van der Waals surface area contributed by atoms with E-state index >= 15 is 0 Å². The average molecular weight is 436 g/mol.